The highest BCUT2D eigenvalue weighted by molar-refractivity contribution is 5.95. The second-order valence-corrected chi connectivity index (χ2v) is 6.54. The summed E-state index contributed by atoms with van der Waals surface area (Å²) in [5.74, 6) is -0.177. The molecule has 0 amide bonds. The van der Waals surface area contributed by atoms with Crippen molar-refractivity contribution in [2.45, 2.75) is 46.0 Å². The Morgan fingerprint density at radius 1 is 1.24 bits per heavy atom. The van der Waals surface area contributed by atoms with Crippen molar-refractivity contribution in [1.29, 1.82) is 0 Å². The third kappa shape index (κ3) is 4.63. The number of hydrogen-bond donors (Lipinski definition) is 0. The zero-order valence-electron chi connectivity index (χ0n) is 13.2. The highest BCUT2D eigenvalue weighted by Gasteiger charge is 2.27. The molecule has 0 saturated carbocycles. The average molecular weight is 291 g/mol. The Labute approximate surface area is 127 Å². The monoisotopic (exact) mass is 291 g/mol. The van der Waals surface area contributed by atoms with Crippen LogP contribution >= 0.6 is 0 Å². The van der Waals surface area contributed by atoms with E-state index in [9.17, 15) is 9.18 Å². The Hall–Kier alpha value is -1.22. The van der Waals surface area contributed by atoms with Crippen LogP contribution in [0.1, 0.15) is 56.3 Å². The van der Waals surface area contributed by atoms with Crippen molar-refractivity contribution in [2.24, 2.45) is 5.41 Å². The smallest absolute Gasteiger partial charge is 0.162 e. The van der Waals surface area contributed by atoms with Gasteiger partial charge < -0.3 is 4.90 Å². The van der Waals surface area contributed by atoms with Gasteiger partial charge in [-0.05, 0) is 68.6 Å². The number of carbonyl (C=O) groups is 1. The maximum atomic E-state index is 12.8. The van der Waals surface area contributed by atoms with Crippen LogP contribution in [0.15, 0.2) is 24.3 Å². The number of likely N-dealkylation sites (tertiary alicyclic amines) is 1. The molecule has 1 aliphatic heterocycles. The van der Waals surface area contributed by atoms with Crippen LogP contribution in [0.5, 0.6) is 0 Å². The molecule has 0 spiro atoms. The van der Waals surface area contributed by atoms with Crippen LogP contribution in [0, 0.1) is 11.2 Å². The lowest BCUT2D eigenvalue weighted by Crippen LogP contribution is -2.38. The molecule has 1 heterocycles. The Balaban J connectivity index is 1.70. The summed E-state index contributed by atoms with van der Waals surface area (Å²) in [5, 5.41) is 0. The van der Waals surface area contributed by atoms with Crippen LogP contribution in [0.3, 0.4) is 0 Å². The molecule has 1 saturated heterocycles. The van der Waals surface area contributed by atoms with Crippen molar-refractivity contribution in [2.75, 3.05) is 19.6 Å². The van der Waals surface area contributed by atoms with Gasteiger partial charge in [-0.3, -0.25) is 4.79 Å². The van der Waals surface area contributed by atoms with Crippen molar-refractivity contribution < 1.29 is 9.18 Å². The van der Waals surface area contributed by atoms with E-state index in [1.807, 2.05) is 0 Å². The van der Waals surface area contributed by atoms with Gasteiger partial charge >= 0.3 is 0 Å². The molecule has 2 nitrogen and oxygen atoms in total. The maximum absolute atomic E-state index is 12.8. The van der Waals surface area contributed by atoms with Crippen LogP contribution in [-0.4, -0.2) is 30.3 Å². The normalized spacial score (nSPS) is 18.6. The Morgan fingerprint density at radius 3 is 2.43 bits per heavy atom. The number of rotatable bonds is 6. The number of carbonyl (C=O) groups excluding carboxylic acids is 1. The summed E-state index contributed by atoms with van der Waals surface area (Å²) in [4.78, 5) is 14.5. The van der Waals surface area contributed by atoms with Gasteiger partial charge in [0.15, 0.2) is 5.78 Å². The van der Waals surface area contributed by atoms with E-state index in [2.05, 4.69) is 18.7 Å². The summed E-state index contributed by atoms with van der Waals surface area (Å²) in [6, 6.07) is 5.85. The minimum absolute atomic E-state index is 0.116. The predicted octanol–water partition coefficient (Wildman–Crippen LogP) is 4.30. The molecule has 0 aliphatic carbocycles. The summed E-state index contributed by atoms with van der Waals surface area (Å²) in [5.41, 5.74) is 1.13. The SMILES string of the molecule is CCC1(C)CCN(CCCC(=O)c2ccc(F)cc2)CC1. The summed E-state index contributed by atoms with van der Waals surface area (Å²) < 4.78 is 12.8. The molecule has 0 atom stereocenters. The molecule has 21 heavy (non-hydrogen) atoms. The molecule has 0 N–H and O–H groups in total. The Bertz CT molecular complexity index is 461. The van der Waals surface area contributed by atoms with E-state index in [4.69, 9.17) is 0 Å². The molecule has 0 unspecified atom stereocenters. The first-order valence-electron chi connectivity index (χ1n) is 8.03. The third-order valence-electron chi connectivity index (χ3n) is 4.96. The number of halogens is 1. The van der Waals surface area contributed by atoms with E-state index in [0.717, 1.165) is 26.1 Å². The van der Waals surface area contributed by atoms with Crippen molar-refractivity contribution >= 4 is 5.78 Å². The van der Waals surface area contributed by atoms with Crippen molar-refractivity contribution in [3.8, 4) is 0 Å². The zero-order chi connectivity index (χ0) is 15.3. The van der Waals surface area contributed by atoms with Gasteiger partial charge in [0, 0.05) is 12.0 Å². The second kappa shape index (κ2) is 7.17. The van der Waals surface area contributed by atoms with Gasteiger partial charge in [-0.25, -0.2) is 4.39 Å². The summed E-state index contributed by atoms with van der Waals surface area (Å²) in [6.45, 7) is 7.94. The number of nitrogens with zero attached hydrogens (tertiary/aromatic N) is 1. The second-order valence-electron chi connectivity index (χ2n) is 6.54. The Kier molecular flexibility index (Phi) is 5.51. The highest BCUT2D eigenvalue weighted by Crippen LogP contribution is 2.33. The van der Waals surface area contributed by atoms with E-state index < -0.39 is 0 Å². The van der Waals surface area contributed by atoms with E-state index >= 15 is 0 Å². The van der Waals surface area contributed by atoms with Crippen LogP contribution < -0.4 is 0 Å². The Morgan fingerprint density at radius 2 is 1.86 bits per heavy atom. The van der Waals surface area contributed by atoms with Crippen LogP contribution in [0.25, 0.3) is 0 Å². The van der Waals surface area contributed by atoms with Crippen LogP contribution in [0.4, 0.5) is 4.39 Å². The average Bonchev–Trinajstić information content (AvgIpc) is 2.50. The van der Waals surface area contributed by atoms with E-state index in [1.54, 1.807) is 12.1 Å². The third-order valence-corrected chi connectivity index (χ3v) is 4.96. The lowest BCUT2D eigenvalue weighted by molar-refractivity contribution is 0.0946. The molecular weight excluding hydrogens is 265 g/mol. The zero-order valence-corrected chi connectivity index (χ0v) is 13.2. The molecule has 0 radical (unpaired) electrons. The fourth-order valence-corrected chi connectivity index (χ4v) is 2.91. The summed E-state index contributed by atoms with van der Waals surface area (Å²) in [7, 11) is 0. The lowest BCUT2D eigenvalue weighted by Gasteiger charge is -2.38. The molecule has 1 aliphatic rings. The topological polar surface area (TPSA) is 20.3 Å². The molecule has 116 valence electrons. The first-order valence-corrected chi connectivity index (χ1v) is 8.03. The standard InChI is InChI=1S/C18H26FNO/c1-3-18(2)10-13-20(14-11-18)12-4-5-17(21)15-6-8-16(19)9-7-15/h6-9H,3-5,10-14H2,1-2H3. The van der Waals surface area contributed by atoms with Crippen molar-refractivity contribution in [1.82, 2.24) is 4.90 Å². The van der Waals surface area contributed by atoms with Gasteiger partial charge in [0.25, 0.3) is 0 Å². The molecular formula is C18H26FNO. The molecule has 1 aromatic rings. The predicted molar refractivity (Wildman–Crippen MR) is 84.0 cm³/mol. The molecule has 0 aromatic heterocycles. The van der Waals surface area contributed by atoms with E-state index in [0.29, 0.717) is 17.4 Å². The van der Waals surface area contributed by atoms with Gasteiger partial charge in [-0.1, -0.05) is 20.3 Å². The lowest BCUT2D eigenvalue weighted by atomic mass is 9.78. The first-order chi connectivity index (χ1) is 10.0. The molecule has 2 rings (SSSR count). The van der Waals surface area contributed by atoms with Gasteiger partial charge in [0.05, 0.1) is 0 Å². The van der Waals surface area contributed by atoms with Gasteiger partial charge in [0.1, 0.15) is 5.82 Å². The quantitative estimate of drug-likeness (QED) is 0.728. The minimum Gasteiger partial charge on any atom is -0.303 e. The number of ketones is 1. The van der Waals surface area contributed by atoms with Gasteiger partial charge in [0.2, 0.25) is 0 Å². The van der Waals surface area contributed by atoms with Crippen LogP contribution in [0.2, 0.25) is 0 Å². The molecule has 0 bridgehead atoms. The van der Waals surface area contributed by atoms with E-state index in [-0.39, 0.29) is 11.6 Å². The number of benzene rings is 1. The van der Waals surface area contributed by atoms with Crippen LogP contribution in [-0.2, 0) is 0 Å². The highest BCUT2D eigenvalue weighted by atomic mass is 19.1. The van der Waals surface area contributed by atoms with Gasteiger partial charge in [-0.2, -0.15) is 0 Å². The van der Waals surface area contributed by atoms with Crippen molar-refractivity contribution in [3.63, 3.8) is 0 Å². The summed E-state index contributed by atoms with van der Waals surface area (Å²) in [6.07, 6.45) is 5.21. The number of Topliss-reactive ketones (excluding diaryl/α,β-unsaturated/α-hetero) is 1. The molecule has 1 fully saturated rings. The number of hydrogen-bond acceptors (Lipinski definition) is 2. The van der Waals surface area contributed by atoms with Gasteiger partial charge in [-0.15, -0.1) is 0 Å². The molecule has 3 heteroatoms. The largest absolute Gasteiger partial charge is 0.303 e. The number of piperidine rings is 1. The van der Waals surface area contributed by atoms with Crippen molar-refractivity contribution in [3.05, 3.63) is 35.6 Å². The van der Waals surface area contributed by atoms with E-state index in [1.165, 1.54) is 31.4 Å². The molecule has 1 aromatic carbocycles. The fourth-order valence-electron chi connectivity index (χ4n) is 2.91. The summed E-state index contributed by atoms with van der Waals surface area (Å²) >= 11 is 0. The first kappa shape index (κ1) is 16.2. The fraction of sp³-hybridized carbons (Fsp3) is 0.611. The maximum Gasteiger partial charge on any atom is 0.162 e. The minimum atomic E-state index is -0.293.